The molecule has 0 radical (unpaired) electrons. The first kappa shape index (κ1) is 8.74. The Bertz CT molecular complexity index is 488. The maximum atomic E-state index is 11.2. The first-order valence-electron chi connectivity index (χ1n) is 4.24. The quantitative estimate of drug-likeness (QED) is 0.675. The van der Waals surface area contributed by atoms with Crippen molar-refractivity contribution in [3.8, 4) is 5.75 Å². The number of carbonyl (C=O) groups excluding carboxylic acids is 1. The second-order valence-corrected chi connectivity index (χ2v) is 2.99. The van der Waals surface area contributed by atoms with Gasteiger partial charge in [-0.05, 0) is 6.07 Å². The number of imidazole rings is 1. The van der Waals surface area contributed by atoms with Gasteiger partial charge >= 0.3 is 0 Å². The SMILES string of the molecule is COc1ccn2c(C(C)=O)cnc2c1. The van der Waals surface area contributed by atoms with Crippen LogP contribution in [0.15, 0.2) is 24.5 Å². The van der Waals surface area contributed by atoms with Crippen molar-refractivity contribution in [2.45, 2.75) is 6.92 Å². The first-order valence-corrected chi connectivity index (χ1v) is 4.24. The summed E-state index contributed by atoms with van der Waals surface area (Å²) in [5, 5.41) is 0. The predicted molar refractivity (Wildman–Crippen MR) is 51.7 cm³/mol. The van der Waals surface area contributed by atoms with Gasteiger partial charge in [0.1, 0.15) is 17.1 Å². The molecule has 0 amide bonds. The van der Waals surface area contributed by atoms with Crippen molar-refractivity contribution in [3.05, 3.63) is 30.2 Å². The van der Waals surface area contributed by atoms with Crippen molar-refractivity contribution >= 4 is 11.4 Å². The highest BCUT2D eigenvalue weighted by Gasteiger charge is 2.07. The van der Waals surface area contributed by atoms with E-state index in [2.05, 4.69) is 4.98 Å². The Morgan fingerprint density at radius 1 is 1.57 bits per heavy atom. The molecule has 0 atom stereocenters. The van der Waals surface area contributed by atoms with Crippen molar-refractivity contribution < 1.29 is 9.53 Å². The van der Waals surface area contributed by atoms with Crippen LogP contribution in [0.4, 0.5) is 0 Å². The number of hydrogen-bond donors (Lipinski definition) is 0. The third-order valence-corrected chi connectivity index (χ3v) is 2.08. The number of methoxy groups -OCH3 is 1. The van der Waals surface area contributed by atoms with Crippen LogP contribution in [0.2, 0.25) is 0 Å². The van der Waals surface area contributed by atoms with Gasteiger partial charge < -0.3 is 4.74 Å². The summed E-state index contributed by atoms with van der Waals surface area (Å²) in [4.78, 5) is 15.3. The Balaban J connectivity index is 2.65. The van der Waals surface area contributed by atoms with E-state index in [1.165, 1.54) is 6.92 Å². The van der Waals surface area contributed by atoms with Crippen LogP contribution in [-0.2, 0) is 0 Å². The van der Waals surface area contributed by atoms with Crippen LogP contribution in [0, 0.1) is 0 Å². The van der Waals surface area contributed by atoms with Crippen LogP contribution < -0.4 is 4.74 Å². The molecule has 0 aliphatic carbocycles. The van der Waals surface area contributed by atoms with E-state index in [9.17, 15) is 4.79 Å². The van der Waals surface area contributed by atoms with E-state index in [0.29, 0.717) is 5.69 Å². The Kier molecular flexibility index (Phi) is 1.96. The number of carbonyl (C=O) groups is 1. The predicted octanol–water partition coefficient (Wildman–Crippen LogP) is 1.55. The van der Waals surface area contributed by atoms with Crippen molar-refractivity contribution in [1.82, 2.24) is 9.38 Å². The number of rotatable bonds is 2. The normalized spacial score (nSPS) is 10.4. The number of pyridine rings is 1. The molecule has 0 N–H and O–H groups in total. The van der Waals surface area contributed by atoms with Crippen LogP contribution in [0.25, 0.3) is 5.65 Å². The number of ether oxygens (including phenoxy) is 1. The Morgan fingerprint density at radius 2 is 2.36 bits per heavy atom. The summed E-state index contributed by atoms with van der Waals surface area (Å²) in [6.07, 6.45) is 3.34. The van der Waals surface area contributed by atoms with Crippen LogP contribution in [0.3, 0.4) is 0 Å². The number of aromatic nitrogens is 2. The molecule has 2 aromatic heterocycles. The van der Waals surface area contributed by atoms with E-state index in [1.54, 1.807) is 36.0 Å². The highest BCUT2D eigenvalue weighted by Crippen LogP contribution is 2.14. The smallest absolute Gasteiger partial charge is 0.178 e. The Labute approximate surface area is 81.1 Å². The molecule has 0 spiro atoms. The third-order valence-electron chi connectivity index (χ3n) is 2.08. The minimum absolute atomic E-state index is 0.00247. The largest absolute Gasteiger partial charge is 0.497 e. The maximum absolute atomic E-state index is 11.2. The molecule has 2 aromatic rings. The summed E-state index contributed by atoms with van der Waals surface area (Å²) in [5.41, 5.74) is 1.30. The molecule has 0 saturated heterocycles. The molecule has 0 unspecified atom stereocenters. The summed E-state index contributed by atoms with van der Waals surface area (Å²) in [7, 11) is 1.60. The van der Waals surface area contributed by atoms with Gasteiger partial charge in [0.2, 0.25) is 0 Å². The minimum Gasteiger partial charge on any atom is -0.497 e. The second kappa shape index (κ2) is 3.14. The van der Waals surface area contributed by atoms with E-state index in [1.807, 2.05) is 0 Å². The fourth-order valence-corrected chi connectivity index (χ4v) is 1.35. The lowest BCUT2D eigenvalue weighted by molar-refractivity contribution is 0.101. The molecule has 4 heteroatoms. The van der Waals surface area contributed by atoms with Crippen molar-refractivity contribution in [2.75, 3.05) is 7.11 Å². The zero-order valence-electron chi connectivity index (χ0n) is 8.02. The molecule has 0 aliphatic rings. The topological polar surface area (TPSA) is 43.6 Å². The first-order chi connectivity index (χ1) is 6.72. The van der Waals surface area contributed by atoms with E-state index < -0.39 is 0 Å². The number of hydrogen-bond acceptors (Lipinski definition) is 3. The molecule has 0 bridgehead atoms. The molecule has 2 heterocycles. The lowest BCUT2D eigenvalue weighted by Crippen LogP contribution is -1.97. The van der Waals surface area contributed by atoms with Gasteiger partial charge in [-0.2, -0.15) is 0 Å². The molecule has 0 aliphatic heterocycles. The zero-order valence-corrected chi connectivity index (χ0v) is 8.02. The van der Waals surface area contributed by atoms with E-state index >= 15 is 0 Å². The summed E-state index contributed by atoms with van der Waals surface area (Å²) in [6.45, 7) is 1.52. The molecule has 4 nitrogen and oxygen atoms in total. The molecule has 0 aromatic carbocycles. The average Bonchev–Trinajstić information content (AvgIpc) is 2.59. The molecule has 0 fully saturated rings. The molecular formula is C10H10N2O2. The Hall–Kier alpha value is -1.84. The van der Waals surface area contributed by atoms with Gasteiger partial charge in [0.05, 0.1) is 13.3 Å². The number of fused-ring (bicyclic) bond motifs is 1. The van der Waals surface area contributed by atoms with E-state index in [-0.39, 0.29) is 5.78 Å². The zero-order chi connectivity index (χ0) is 10.1. The van der Waals surface area contributed by atoms with E-state index in [0.717, 1.165) is 11.4 Å². The molecule has 14 heavy (non-hydrogen) atoms. The monoisotopic (exact) mass is 190 g/mol. The van der Waals surface area contributed by atoms with Gasteiger partial charge in [-0.1, -0.05) is 0 Å². The van der Waals surface area contributed by atoms with Crippen LogP contribution in [0.5, 0.6) is 5.75 Å². The van der Waals surface area contributed by atoms with Gasteiger partial charge in [0, 0.05) is 19.2 Å². The van der Waals surface area contributed by atoms with Crippen molar-refractivity contribution in [2.24, 2.45) is 0 Å². The molecule has 0 saturated carbocycles. The summed E-state index contributed by atoms with van der Waals surface area (Å²) >= 11 is 0. The number of nitrogens with zero attached hydrogens (tertiary/aromatic N) is 2. The summed E-state index contributed by atoms with van der Waals surface area (Å²) in [5.74, 6) is 0.737. The van der Waals surface area contributed by atoms with Gasteiger partial charge in [0.15, 0.2) is 5.78 Å². The number of Topliss-reactive ketones (excluding diaryl/α,β-unsaturated/α-hetero) is 1. The minimum atomic E-state index is 0.00247. The molecule has 2 rings (SSSR count). The Morgan fingerprint density at radius 3 is 3.00 bits per heavy atom. The standard InChI is InChI=1S/C10H10N2O2/c1-7(13)9-6-11-10-5-8(14-2)3-4-12(9)10/h3-6H,1-2H3. The molecular weight excluding hydrogens is 180 g/mol. The van der Waals surface area contributed by atoms with Crippen LogP contribution in [0.1, 0.15) is 17.4 Å². The van der Waals surface area contributed by atoms with Crippen molar-refractivity contribution in [1.29, 1.82) is 0 Å². The highest BCUT2D eigenvalue weighted by atomic mass is 16.5. The maximum Gasteiger partial charge on any atom is 0.178 e. The van der Waals surface area contributed by atoms with E-state index in [4.69, 9.17) is 4.74 Å². The fourth-order valence-electron chi connectivity index (χ4n) is 1.35. The van der Waals surface area contributed by atoms with Crippen molar-refractivity contribution in [3.63, 3.8) is 0 Å². The molecule has 72 valence electrons. The third kappa shape index (κ3) is 1.25. The summed E-state index contributed by atoms with van der Waals surface area (Å²) < 4.78 is 6.79. The lowest BCUT2D eigenvalue weighted by atomic mass is 10.3. The van der Waals surface area contributed by atoms with Crippen LogP contribution in [-0.4, -0.2) is 22.3 Å². The fraction of sp³-hybridized carbons (Fsp3) is 0.200. The van der Waals surface area contributed by atoms with Gasteiger partial charge in [0.25, 0.3) is 0 Å². The second-order valence-electron chi connectivity index (χ2n) is 2.99. The van der Waals surface area contributed by atoms with Crippen LogP contribution >= 0.6 is 0 Å². The van der Waals surface area contributed by atoms with Gasteiger partial charge in [-0.15, -0.1) is 0 Å². The van der Waals surface area contributed by atoms with Gasteiger partial charge in [-0.25, -0.2) is 4.98 Å². The average molecular weight is 190 g/mol. The highest BCUT2D eigenvalue weighted by molar-refractivity contribution is 5.93. The number of ketones is 1. The van der Waals surface area contributed by atoms with Gasteiger partial charge in [-0.3, -0.25) is 9.20 Å². The summed E-state index contributed by atoms with van der Waals surface area (Å²) in [6, 6.07) is 3.58. The lowest BCUT2D eigenvalue weighted by Gasteiger charge is -2.00.